The van der Waals surface area contributed by atoms with Crippen LogP contribution in [-0.4, -0.2) is 37.6 Å². The molecule has 1 unspecified atom stereocenters. The highest BCUT2D eigenvalue weighted by molar-refractivity contribution is 6.34. The van der Waals surface area contributed by atoms with Gasteiger partial charge in [-0.2, -0.15) is 0 Å². The van der Waals surface area contributed by atoms with E-state index in [1.807, 2.05) is 0 Å². The number of morpholine rings is 1. The van der Waals surface area contributed by atoms with Crippen molar-refractivity contribution in [2.75, 3.05) is 30.4 Å². The summed E-state index contributed by atoms with van der Waals surface area (Å²) >= 11 is 6.05. The van der Waals surface area contributed by atoms with Gasteiger partial charge in [0.2, 0.25) is 11.8 Å². The predicted molar refractivity (Wildman–Crippen MR) is 88.9 cm³/mol. The number of amides is 2. The third kappa shape index (κ3) is 5.81. The first-order chi connectivity index (χ1) is 10.0. The Balaban J connectivity index is 0.00000242. The molecule has 22 heavy (non-hydrogen) atoms. The number of nitrogens with one attached hydrogen (secondary N) is 3. The van der Waals surface area contributed by atoms with E-state index in [-0.39, 0.29) is 30.3 Å². The summed E-state index contributed by atoms with van der Waals surface area (Å²) < 4.78 is 5.30. The van der Waals surface area contributed by atoms with Gasteiger partial charge in [0.1, 0.15) is 0 Å². The van der Waals surface area contributed by atoms with Crippen LogP contribution in [0.15, 0.2) is 18.2 Å². The smallest absolute Gasteiger partial charge is 0.226 e. The molecule has 1 saturated heterocycles. The second-order valence-corrected chi connectivity index (χ2v) is 5.26. The van der Waals surface area contributed by atoms with Crippen LogP contribution < -0.4 is 16.0 Å². The first-order valence-electron chi connectivity index (χ1n) is 6.72. The van der Waals surface area contributed by atoms with Crippen LogP contribution in [0.5, 0.6) is 0 Å². The summed E-state index contributed by atoms with van der Waals surface area (Å²) in [5.41, 5.74) is 1.11. The molecule has 1 heterocycles. The first-order valence-corrected chi connectivity index (χ1v) is 7.10. The van der Waals surface area contributed by atoms with E-state index in [2.05, 4.69) is 16.0 Å². The molecule has 1 aromatic carbocycles. The van der Waals surface area contributed by atoms with Crippen LogP contribution in [0.3, 0.4) is 0 Å². The molecule has 6 nitrogen and oxygen atoms in total. The molecule has 0 aliphatic carbocycles. The average Bonchev–Trinajstić information content (AvgIpc) is 2.42. The molecular weight excluding hydrogens is 329 g/mol. The standard InChI is InChI=1S/C14H18ClN3O3.ClH/c1-9(19)17-13-3-2-10(6-12(13)15)18-14(20)7-11-8-21-5-4-16-11;/h2-3,6,11,16H,4-5,7-8H2,1H3,(H,17,19)(H,18,20);1H. The summed E-state index contributed by atoms with van der Waals surface area (Å²) in [7, 11) is 0. The number of carbonyl (C=O) groups is 2. The zero-order valence-electron chi connectivity index (χ0n) is 12.1. The molecule has 2 rings (SSSR count). The van der Waals surface area contributed by atoms with E-state index in [9.17, 15) is 9.59 Å². The lowest BCUT2D eigenvalue weighted by Gasteiger charge is -2.23. The molecule has 1 fully saturated rings. The van der Waals surface area contributed by atoms with Gasteiger partial charge >= 0.3 is 0 Å². The van der Waals surface area contributed by atoms with Gasteiger partial charge in [-0.1, -0.05) is 11.6 Å². The lowest BCUT2D eigenvalue weighted by molar-refractivity contribution is -0.117. The van der Waals surface area contributed by atoms with E-state index in [1.54, 1.807) is 18.2 Å². The van der Waals surface area contributed by atoms with Crippen molar-refractivity contribution in [2.45, 2.75) is 19.4 Å². The molecule has 122 valence electrons. The second-order valence-electron chi connectivity index (χ2n) is 4.85. The summed E-state index contributed by atoms with van der Waals surface area (Å²) in [4.78, 5) is 22.9. The quantitative estimate of drug-likeness (QED) is 0.778. The Bertz CT molecular complexity index is 534. The van der Waals surface area contributed by atoms with Crippen molar-refractivity contribution in [3.05, 3.63) is 23.2 Å². The number of benzene rings is 1. The highest BCUT2D eigenvalue weighted by Crippen LogP contribution is 2.25. The fraction of sp³-hybridized carbons (Fsp3) is 0.429. The van der Waals surface area contributed by atoms with Crippen molar-refractivity contribution in [1.82, 2.24) is 5.32 Å². The molecule has 0 saturated carbocycles. The maximum absolute atomic E-state index is 11.9. The first kappa shape index (κ1) is 18.7. The minimum absolute atomic E-state index is 0. The van der Waals surface area contributed by atoms with Crippen LogP contribution in [0.4, 0.5) is 11.4 Å². The van der Waals surface area contributed by atoms with Crippen LogP contribution in [0.1, 0.15) is 13.3 Å². The normalized spacial score (nSPS) is 17.3. The lowest BCUT2D eigenvalue weighted by Crippen LogP contribution is -2.43. The monoisotopic (exact) mass is 347 g/mol. The topological polar surface area (TPSA) is 79.5 Å². The highest BCUT2D eigenvalue weighted by atomic mass is 35.5. The van der Waals surface area contributed by atoms with Gasteiger partial charge in [-0.3, -0.25) is 9.59 Å². The zero-order chi connectivity index (χ0) is 15.2. The zero-order valence-corrected chi connectivity index (χ0v) is 13.7. The molecule has 2 amide bonds. The second kappa shape index (κ2) is 8.95. The molecule has 1 aromatic rings. The maximum Gasteiger partial charge on any atom is 0.226 e. The Labute approximate surface area is 140 Å². The van der Waals surface area contributed by atoms with Crippen molar-refractivity contribution in [1.29, 1.82) is 0 Å². The molecule has 0 aromatic heterocycles. The Morgan fingerprint density at radius 3 is 2.77 bits per heavy atom. The van der Waals surface area contributed by atoms with Crippen molar-refractivity contribution in [3.63, 3.8) is 0 Å². The van der Waals surface area contributed by atoms with Crippen LogP contribution >= 0.6 is 24.0 Å². The van der Waals surface area contributed by atoms with Gasteiger partial charge in [-0.05, 0) is 18.2 Å². The highest BCUT2D eigenvalue weighted by Gasteiger charge is 2.17. The maximum atomic E-state index is 11.9. The van der Waals surface area contributed by atoms with Crippen molar-refractivity contribution < 1.29 is 14.3 Å². The number of anilines is 2. The van der Waals surface area contributed by atoms with E-state index >= 15 is 0 Å². The molecule has 0 spiro atoms. The summed E-state index contributed by atoms with van der Waals surface area (Å²) in [5.74, 6) is -0.307. The fourth-order valence-electron chi connectivity index (χ4n) is 2.07. The third-order valence-corrected chi connectivity index (χ3v) is 3.31. The summed E-state index contributed by atoms with van der Waals surface area (Å²) in [6.45, 7) is 3.38. The Hall–Kier alpha value is -1.34. The number of carbonyl (C=O) groups excluding carboxylic acids is 2. The van der Waals surface area contributed by atoms with E-state index in [0.717, 1.165) is 6.54 Å². The molecular formula is C14H19Cl2N3O3. The van der Waals surface area contributed by atoms with Gasteiger partial charge in [0, 0.05) is 31.6 Å². The van der Waals surface area contributed by atoms with Crippen LogP contribution in [0, 0.1) is 0 Å². The molecule has 0 bridgehead atoms. The van der Waals surface area contributed by atoms with Crippen molar-refractivity contribution in [2.24, 2.45) is 0 Å². The minimum atomic E-state index is -0.197. The van der Waals surface area contributed by atoms with Gasteiger partial charge in [0.15, 0.2) is 0 Å². The summed E-state index contributed by atoms with van der Waals surface area (Å²) in [6.07, 6.45) is 0.338. The lowest BCUT2D eigenvalue weighted by atomic mass is 10.2. The molecule has 1 atom stereocenters. The number of hydrogen-bond acceptors (Lipinski definition) is 4. The number of ether oxygens (including phenoxy) is 1. The van der Waals surface area contributed by atoms with E-state index in [4.69, 9.17) is 16.3 Å². The molecule has 0 radical (unpaired) electrons. The van der Waals surface area contributed by atoms with E-state index in [1.165, 1.54) is 6.92 Å². The van der Waals surface area contributed by atoms with Crippen LogP contribution in [0.2, 0.25) is 5.02 Å². The Morgan fingerprint density at radius 2 is 2.18 bits per heavy atom. The van der Waals surface area contributed by atoms with Crippen molar-refractivity contribution >= 4 is 47.2 Å². The van der Waals surface area contributed by atoms with E-state index < -0.39 is 0 Å². The predicted octanol–water partition coefficient (Wildman–Crippen LogP) is 2.04. The van der Waals surface area contributed by atoms with E-state index in [0.29, 0.717) is 36.0 Å². The Morgan fingerprint density at radius 1 is 1.41 bits per heavy atom. The van der Waals surface area contributed by atoms with Gasteiger partial charge in [-0.15, -0.1) is 12.4 Å². The van der Waals surface area contributed by atoms with Gasteiger partial charge in [-0.25, -0.2) is 0 Å². The van der Waals surface area contributed by atoms with Crippen molar-refractivity contribution in [3.8, 4) is 0 Å². The number of hydrogen-bond donors (Lipinski definition) is 3. The average molecular weight is 348 g/mol. The van der Waals surface area contributed by atoms with Gasteiger partial charge < -0.3 is 20.7 Å². The molecule has 8 heteroatoms. The Kier molecular flexibility index (Phi) is 7.61. The number of rotatable bonds is 4. The van der Waals surface area contributed by atoms with Crippen LogP contribution in [0.25, 0.3) is 0 Å². The molecule has 1 aliphatic rings. The van der Waals surface area contributed by atoms with Crippen LogP contribution in [-0.2, 0) is 14.3 Å². The number of halogens is 2. The summed E-state index contributed by atoms with van der Waals surface area (Å²) in [6, 6.07) is 4.99. The molecule has 3 N–H and O–H groups in total. The third-order valence-electron chi connectivity index (χ3n) is 2.99. The summed E-state index contributed by atoms with van der Waals surface area (Å²) in [5, 5.41) is 8.98. The SMILES string of the molecule is CC(=O)Nc1ccc(NC(=O)CC2COCCN2)cc1Cl.Cl. The van der Waals surface area contributed by atoms with Gasteiger partial charge in [0.25, 0.3) is 0 Å². The van der Waals surface area contributed by atoms with Gasteiger partial charge in [0.05, 0.1) is 23.9 Å². The largest absolute Gasteiger partial charge is 0.378 e. The minimum Gasteiger partial charge on any atom is -0.378 e. The molecule has 1 aliphatic heterocycles. The fourth-order valence-corrected chi connectivity index (χ4v) is 2.30.